The number of carbonyl (C=O) groups excluding carboxylic acids is 1. The number of hydrogen-bond acceptors (Lipinski definition) is 3. The molecule has 22 heavy (non-hydrogen) atoms. The van der Waals surface area contributed by atoms with Gasteiger partial charge in [-0.15, -0.1) is 0 Å². The summed E-state index contributed by atoms with van der Waals surface area (Å²) in [6.07, 6.45) is 0.917. The van der Waals surface area contributed by atoms with Gasteiger partial charge >= 0.3 is 0 Å². The molecule has 1 amide bonds. The van der Waals surface area contributed by atoms with Crippen LogP contribution >= 0.6 is 0 Å². The van der Waals surface area contributed by atoms with Gasteiger partial charge in [0.25, 0.3) is 5.91 Å². The fourth-order valence-corrected chi connectivity index (χ4v) is 2.18. The summed E-state index contributed by atoms with van der Waals surface area (Å²) in [5.74, 6) is -0.0600. The molecule has 0 saturated heterocycles. The second-order valence-corrected chi connectivity index (χ2v) is 5.12. The van der Waals surface area contributed by atoms with Crippen molar-refractivity contribution in [3.8, 4) is 0 Å². The summed E-state index contributed by atoms with van der Waals surface area (Å²) in [5, 5.41) is 15.7. The van der Waals surface area contributed by atoms with Crippen molar-refractivity contribution in [2.45, 2.75) is 19.4 Å². The van der Waals surface area contributed by atoms with Crippen LogP contribution in [0.1, 0.15) is 35.3 Å². The maximum Gasteiger partial charge on any atom is 0.251 e. The molecule has 2 aromatic rings. The van der Waals surface area contributed by atoms with Crippen molar-refractivity contribution in [1.29, 1.82) is 0 Å². The summed E-state index contributed by atoms with van der Waals surface area (Å²) in [6.45, 7) is 2.70. The van der Waals surface area contributed by atoms with Crippen LogP contribution in [0.4, 0.5) is 5.69 Å². The van der Waals surface area contributed by atoms with Gasteiger partial charge in [0.1, 0.15) is 0 Å². The average molecular weight is 298 g/mol. The van der Waals surface area contributed by atoms with Crippen molar-refractivity contribution >= 4 is 11.6 Å². The minimum atomic E-state index is -0.166. The van der Waals surface area contributed by atoms with Gasteiger partial charge in [-0.05, 0) is 36.2 Å². The Balaban J connectivity index is 2.02. The van der Waals surface area contributed by atoms with Crippen molar-refractivity contribution in [3.63, 3.8) is 0 Å². The fraction of sp³-hybridized carbons (Fsp3) is 0.278. The van der Waals surface area contributed by atoms with E-state index in [0.29, 0.717) is 12.1 Å². The Morgan fingerprint density at radius 2 is 1.77 bits per heavy atom. The quantitative estimate of drug-likeness (QED) is 0.736. The van der Waals surface area contributed by atoms with Gasteiger partial charge in [0.05, 0.1) is 12.6 Å². The number of nitrogens with one attached hydrogen (secondary N) is 2. The summed E-state index contributed by atoms with van der Waals surface area (Å²) < 4.78 is 0. The lowest BCUT2D eigenvalue weighted by Crippen LogP contribution is -2.23. The van der Waals surface area contributed by atoms with E-state index < -0.39 is 0 Å². The second-order valence-electron chi connectivity index (χ2n) is 5.12. The normalized spacial score (nSPS) is 11.7. The molecule has 4 heteroatoms. The molecular weight excluding hydrogens is 276 g/mol. The highest BCUT2D eigenvalue weighted by Gasteiger charge is 2.10. The molecule has 0 aliphatic carbocycles. The Morgan fingerprint density at radius 1 is 1.09 bits per heavy atom. The highest BCUT2D eigenvalue weighted by Crippen LogP contribution is 2.19. The number of benzene rings is 2. The molecule has 0 bridgehead atoms. The van der Waals surface area contributed by atoms with E-state index in [4.69, 9.17) is 0 Å². The zero-order valence-corrected chi connectivity index (χ0v) is 12.8. The van der Waals surface area contributed by atoms with Crippen LogP contribution in [0.15, 0.2) is 54.6 Å². The van der Waals surface area contributed by atoms with Crippen LogP contribution < -0.4 is 10.6 Å². The van der Waals surface area contributed by atoms with E-state index in [1.165, 1.54) is 0 Å². The Morgan fingerprint density at radius 3 is 2.36 bits per heavy atom. The van der Waals surface area contributed by atoms with Gasteiger partial charge in [0.15, 0.2) is 0 Å². The smallest absolute Gasteiger partial charge is 0.251 e. The molecule has 3 N–H and O–H groups in total. The van der Waals surface area contributed by atoms with Crippen LogP contribution in [0.2, 0.25) is 0 Å². The van der Waals surface area contributed by atoms with Crippen LogP contribution in [0.3, 0.4) is 0 Å². The van der Waals surface area contributed by atoms with Crippen molar-refractivity contribution in [1.82, 2.24) is 5.32 Å². The Bertz CT molecular complexity index is 582. The topological polar surface area (TPSA) is 61.4 Å². The zero-order chi connectivity index (χ0) is 15.8. The van der Waals surface area contributed by atoms with Crippen molar-refractivity contribution < 1.29 is 9.90 Å². The van der Waals surface area contributed by atoms with E-state index in [1.54, 1.807) is 12.1 Å². The van der Waals surface area contributed by atoms with E-state index in [0.717, 1.165) is 17.7 Å². The van der Waals surface area contributed by atoms with Crippen LogP contribution in [0, 0.1) is 0 Å². The predicted molar refractivity (Wildman–Crippen MR) is 89.0 cm³/mol. The van der Waals surface area contributed by atoms with Crippen molar-refractivity contribution in [3.05, 3.63) is 65.7 Å². The number of hydrogen-bond donors (Lipinski definition) is 3. The first-order chi connectivity index (χ1) is 10.7. The van der Waals surface area contributed by atoms with Crippen LogP contribution in [-0.4, -0.2) is 24.2 Å². The zero-order valence-electron chi connectivity index (χ0n) is 12.8. The molecular formula is C18H22N2O2. The molecule has 0 spiro atoms. The summed E-state index contributed by atoms with van der Waals surface area (Å²) in [4.78, 5) is 11.8. The molecule has 1 atom stereocenters. The van der Waals surface area contributed by atoms with Crippen molar-refractivity contribution in [2.75, 3.05) is 18.5 Å². The Hall–Kier alpha value is -2.33. The third kappa shape index (κ3) is 4.33. The third-order valence-electron chi connectivity index (χ3n) is 3.41. The van der Waals surface area contributed by atoms with Crippen LogP contribution in [-0.2, 0) is 0 Å². The van der Waals surface area contributed by atoms with Gasteiger partial charge < -0.3 is 15.7 Å². The summed E-state index contributed by atoms with van der Waals surface area (Å²) in [5.41, 5.74) is 2.53. The molecule has 0 radical (unpaired) electrons. The van der Waals surface area contributed by atoms with Gasteiger partial charge in [-0.1, -0.05) is 37.3 Å². The fourth-order valence-electron chi connectivity index (χ4n) is 2.18. The number of anilines is 1. The molecule has 0 aliphatic heterocycles. The third-order valence-corrected chi connectivity index (χ3v) is 3.41. The first-order valence-electron chi connectivity index (χ1n) is 7.55. The molecule has 1 unspecified atom stereocenters. The molecule has 2 rings (SSSR count). The summed E-state index contributed by atoms with van der Waals surface area (Å²) in [7, 11) is 0. The molecule has 0 saturated carbocycles. The van der Waals surface area contributed by atoms with E-state index in [-0.39, 0.29) is 18.6 Å². The van der Waals surface area contributed by atoms with Gasteiger partial charge in [-0.2, -0.15) is 0 Å². The van der Waals surface area contributed by atoms with Crippen LogP contribution in [0.25, 0.3) is 0 Å². The summed E-state index contributed by atoms with van der Waals surface area (Å²) in [6, 6.07) is 16.9. The molecule has 0 aromatic heterocycles. The molecule has 0 aliphatic rings. The number of rotatable bonds is 7. The Kier molecular flexibility index (Phi) is 5.98. The number of amides is 1. The van der Waals surface area contributed by atoms with E-state index >= 15 is 0 Å². The average Bonchev–Trinajstić information content (AvgIpc) is 2.58. The lowest BCUT2D eigenvalue weighted by Gasteiger charge is -2.18. The van der Waals surface area contributed by atoms with Gasteiger partial charge in [-0.25, -0.2) is 0 Å². The highest BCUT2D eigenvalue weighted by molar-refractivity contribution is 5.94. The SMILES string of the molecule is CCCNC(=O)c1ccc(NC(CO)c2ccccc2)cc1. The first kappa shape index (κ1) is 16.0. The number of aliphatic hydroxyl groups excluding tert-OH is 1. The summed E-state index contributed by atoms with van der Waals surface area (Å²) >= 11 is 0. The molecule has 2 aromatic carbocycles. The Labute approximate surface area is 131 Å². The van der Waals surface area contributed by atoms with E-state index in [9.17, 15) is 9.90 Å². The maximum atomic E-state index is 11.8. The first-order valence-corrected chi connectivity index (χ1v) is 7.55. The molecule has 116 valence electrons. The lowest BCUT2D eigenvalue weighted by atomic mass is 10.1. The van der Waals surface area contributed by atoms with Gasteiger partial charge in [0, 0.05) is 17.8 Å². The van der Waals surface area contributed by atoms with Crippen molar-refractivity contribution in [2.24, 2.45) is 0 Å². The van der Waals surface area contributed by atoms with E-state index in [2.05, 4.69) is 10.6 Å². The predicted octanol–water partition coefficient (Wildman–Crippen LogP) is 2.97. The lowest BCUT2D eigenvalue weighted by molar-refractivity contribution is 0.0953. The maximum absolute atomic E-state index is 11.8. The number of carbonyl (C=O) groups is 1. The second kappa shape index (κ2) is 8.20. The minimum absolute atomic E-state index is 0.00273. The van der Waals surface area contributed by atoms with E-state index in [1.807, 2.05) is 49.4 Å². The van der Waals surface area contributed by atoms with Crippen LogP contribution in [0.5, 0.6) is 0 Å². The molecule has 0 fully saturated rings. The van der Waals surface area contributed by atoms with Gasteiger partial charge in [-0.3, -0.25) is 4.79 Å². The highest BCUT2D eigenvalue weighted by atomic mass is 16.3. The van der Waals surface area contributed by atoms with Gasteiger partial charge in [0.2, 0.25) is 0 Å². The molecule has 4 nitrogen and oxygen atoms in total. The largest absolute Gasteiger partial charge is 0.394 e. The minimum Gasteiger partial charge on any atom is -0.394 e. The molecule has 0 heterocycles. The number of aliphatic hydroxyl groups is 1. The standard InChI is InChI=1S/C18H22N2O2/c1-2-12-19-18(22)15-8-10-16(11-9-15)20-17(13-21)14-6-4-3-5-7-14/h3-11,17,20-21H,2,12-13H2,1H3,(H,19,22). The monoisotopic (exact) mass is 298 g/mol.